The van der Waals surface area contributed by atoms with Gasteiger partial charge in [-0.1, -0.05) is 13.8 Å². The molecule has 80 valence electrons. The molecule has 4 heteroatoms. The topological polar surface area (TPSA) is 78.9 Å². The monoisotopic (exact) mass is 197 g/mol. The second-order valence-electron chi connectivity index (χ2n) is 4.01. The number of carbonyl (C=O) groups is 1. The van der Waals surface area contributed by atoms with Gasteiger partial charge in [0, 0.05) is 6.54 Å². The van der Waals surface area contributed by atoms with Gasteiger partial charge in [-0.25, -0.2) is 0 Å². The van der Waals surface area contributed by atoms with Crippen LogP contribution in [0, 0.1) is 23.2 Å². The van der Waals surface area contributed by atoms with Gasteiger partial charge >= 0.3 is 0 Å². The highest BCUT2D eigenvalue weighted by atomic mass is 16.2. The summed E-state index contributed by atoms with van der Waals surface area (Å²) in [5.41, 5.74) is 5.65. The summed E-state index contributed by atoms with van der Waals surface area (Å²) in [5, 5.41) is 11.2. The predicted molar refractivity (Wildman–Crippen MR) is 55.2 cm³/mol. The average Bonchev–Trinajstić information content (AvgIpc) is 2.12. The maximum atomic E-state index is 11.4. The normalized spacial score (nSPS) is 14.6. The van der Waals surface area contributed by atoms with E-state index < -0.39 is 6.04 Å². The molecule has 14 heavy (non-hydrogen) atoms. The van der Waals surface area contributed by atoms with Gasteiger partial charge in [0.25, 0.3) is 0 Å². The number of nitriles is 1. The fourth-order valence-electron chi connectivity index (χ4n) is 1.05. The molecule has 0 aromatic carbocycles. The molecule has 1 amide bonds. The highest BCUT2D eigenvalue weighted by molar-refractivity contribution is 5.81. The van der Waals surface area contributed by atoms with E-state index in [2.05, 4.69) is 5.32 Å². The Hall–Kier alpha value is -1.08. The molecule has 0 saturated heterocycles. The van der Waals surface area contributed by atoms with Crippen LogP contribution in [0.5, 0.6) is 0 Å². The number of carbonyl (C=O) groups excluding carboxylic acids is 1. The maximum absolute atomic E-state index is 11.4. The zero-order valence-electron chi connectivity index (χ0n) is 9.08. The van der Waals surface area contributed by atoms with Crippen LogP contribution in [-0.2, 0) is 4.79 Å². The Kier molecular flexibility index (Phi) is 5.89. The first-order chi connectivity index (χ1) is 6.47. The number of nitrogens with zero attached hydrogens (tertiary/aromatic N) is 1. The van der Waals surface area contributed by atoms with Crippen molar-refractivity contribution in [1.82, 2.24) is 5.32 Å². The SMILES string of the molecule is CC(C)CC(N)C(=O)NCC(C)C#N. The van der Waals surface area contributed by atoms with Crippen molar-refractivity contribution < 1.29 is 4.79 Å². The molecule has 0 fully saturated rings. The average molecular weight is 197 g/mol. The molecule has 0 aliphatic rings. The van der Waals surface area contributed by atoms with Crippen molar-refractivity contribution in [3.63, 3.8) is 0 Å². The van der Waals surface area contributed by atoms with E-state index in [4.69, 9.17) is 11.0 Å². The molecular weight excluding hydrogens is 178 g/mol. The molecule has 0 aliphatic carbocycles. The number of amides is 1. The summed E-state index contributed by atoms with van der Waals surface area (Å²) < 4.78 is 0. The van der Waals surface area contributed by atoms with Gasteiger partial charge in [-0.2, -0.15) is 5.26 Å². The lowest BCUT2D eigenvalue weighted by Crippen LogP contribution is -2.42. The summed E-state index contributed by atoms with van der Waals surface area (Å²) in [5.74, 6) is 0.0788. The summed E-state index contributed by atoms with van der Waals surface area (Å²) >= 11 is 0. The molecule has 0 saturated carbocycles. The van der Waals surface area contributed by atoms with Crippen molar-refractivity contribution in [2.75, 3.05) is 6.54 Å². The number of nitrogens with one attached hydrogen (secondary N) is 1. The lowest BCUT2D eigenvalue weighted by Gasteiger charge is -2.14. The number of rotatable bonds is 5. The second-order valence-corrected chi connectivity index (χ2v) is 4.01. The van der Waals surface area contributed by atoms with E-state index in [1.165, 1.54) is 0 Å². The number of nitrogens with two attached hydrogens (primary N) is 1. The van der Waals surface area contributed by atoms with Gasteiger partial charge in [0.2, 0.25) is 5.91 Å². The molecule has 0 aromatic heterocycles. The lowest BCUT2D eigenvalue weighted by atomic mass is 10.0. The van der Waals surface area contributed by atoms with Gasteiger partial charge in [-0.05, 0) is 19.3 Å². The standard InChI is InChI=1S/C10H19N3O/c1-7(2)4-9(12)10(14)13-6-8(3)5-11/h7-9H,4,6,12H2,1-3H3,(H,13,14). The van der Waals surface area contributed by atoms with Gasteiger partial charge in [0.15, 0.2) is 0 Å². The van der Waals surface area contributed by atoms with Gasteiger partial charge in [-0.15, -0.1) is 0 Å². The molecule has 0 aliphatic heterocycles. The lowest BCUT2D eigenvalue weighted by molar-refractivity contribution is -0.122. The molecule has 4 nitrogen and oxygen atoms in total. The van der Waals surface area contributed by atoms with Crippen molar-refractivity contribution in [2.45, 2.75) is 33.2 Å². The maximum Gasteiger partial charge on any atom is 0.236 e. The molecule has 3 N–H and O–H groups in total. The van der Waals surface area contributed by atoms with Crippen LogP contribution in [0.3, 0.4) is 0 Å². The Morgan fingerprint density at radius 3 is 2.50 bits per heavy atom. The third-order valence-corrected chi connectivity index (χ3v) is 1.86. The summed E-state index contributed by atoms with van der Waals surface area (Å²) in [6.45, 7) is 6.17. The van der Waals surface area contributed by atoms with Gasteiger partial charge in [0.1, 0.15) is 0 Å². The first-order valence-corrected chi connectivity index (χ1v) is 4.90. The van der Waals surface area contributed by atoms with Gasteiger partial charge in [0.05, 0.1) is 18.0 Å². The summed E-state index contributed by atoms with van der Waals surface area (Å²) in [6, 6.07) is 1.59. The zero-order chi connectivity index (χ0) is 11.1. The Bertz CT molecular complexity index is 220. The molecular formula is C10H19N3O. The van der Waals surface area contributed by atoms with Crippen molar-refractivity contribution in [2.24, 2.45) is 17.6 Å². The molecule has 0 aromatic rings. The minimum absolute atomic E-state index is 0.162. The van der Waals surface area contributed by atoms with E-state index in [0.717, 1.165) is 0 Å². The molecule has 0 bridgehead atoms. The van der Waals surface area contributed by atoms with Gasteiger partial charge < -0.3 is 11.1 Å². The number of hydrogen-bond donors (Lipinski definition) is 2. The van der Waals surface area contributed by atoms with Crippen LogP contribution >= 0.6 is 0 Å². The van der Waals surface area contributed by atoms with Crippen LogP contribution in [-0.4, -0.2) is 18.5 Å². The molecule has 2 atom stereocenters. The summed E-state index contributed by atoms with van der Waals surface area (Å²) in [4.78, 5) is 11.4. The van der Waals surface area contributed by atoms with Crippen LogP contribution < -0.4 is 11.1 Å². The van der Waals surface area contributed by atoms with Crippen LogP contribution in [0.2, 0.25) is 0 Å². The Labute approximate surface area is 85.5 Å². The highest BCUT2D eigenvalue weighted by Crippen LogP contribution is 2.02. The van der Waals surface area contributed by atoms with E-state index in [-0.39, 0.29) is 11.8 Å². The van der Waals surface area contributed by atoms with Crippen molar-refractivity contribution in [3.05, 3.63) is 0 Å². The smallest absolute Gasteiger partial charge is 0.236 e. The summed E-state index contributed by atoms with van der Waals surface area (Å²) in [6.07, 6.45) is 0.673. The van der Waals surface area contributed by atoms with E-state index in [0.29, 0.717) is 18.9 Å². The fraction of sp³-hybridized carbons (Fsp3) is 0.800. The van der Waals surface area contributed by atoms with E-state index in [1.54, 1.807) is 6.92 Å². The van der Waals surface area contributed by atoms with Crippen LogP contribution in [0.1, 0.15) is 27.2 Å². The molecule has 0 rings (SSSR count). The van der Waals surface area contributed by atoms with E-state index in [1.807, 2.05) is 19.9 Å². The van der Waals surface area contributed by atoms with Gasteiger partial charge in [-0.3, -0.25) is 4.79 Å². The molecule has 0 radical (unpaired) electrons. The first-order valence-electron chi connectivity index (χ1n) is 4.90. The number of hydrogen-bond acceptors (Lipinski definition) is 3. The quantitative estimate of drug-likeness (QED) is 0.678. The minimum Gasteiger partial charge on any atom is -0.353 e. The fourth-order valence-corrected chi connectivity index (χ4v) is 1.05. The van der Waals surface area contributed by atoms with Crippen LogP contribution in [0.4, 0.5) is 0 Å². The molecule has 2 unspecified atom stereocenters. The third-order valence-electron chi connectivity index (χ3n) is 1.86. The van der Waals surface area contributed by atoms with E-state index >= 15 is 0 Å². The first kappa shape index (κ1) is 12.9. The van der Waals surface area contributed by atoms with Crippen molar-refractivity contribution in [1.29, 1.82) is 5.26 Å². The Balaban J connectivity index is 3.80. The van der Waals surface area contributed by atoms with Crippen LogP contribution in [0.15, 0.2) is 0 Å². The largest absolute Gasteiger partial charge is 0.353 e. The molecule has 0 spiro atoms. The van der Waals surface area contributed by atoms with Crippen LogP contribution in [0.25, 0.3) is 0 Å². The van der Waals surface area contributed by atoms with E-state index in [9.17, 15) is 4.79 Å². The third kappa shape index (κ3) is 5.55. The zero-order valence-corrected chi connectivity index (χ0v) is 9.08. The Morgan fingerprint density at radius 1 is 1.50 bits per heavy atom. The van der Waals surface area contributed by atoms with Crippen molar-refractivity contribution >= 4 is 5.91 Å². The predicted octanol–water partition coefficient (Wildman–Crippen LogP) is 0.636. The summed E-state index contributed by atoms with van der Waals surface area (Å²) in [7, 11) is 0. The second kappa shape index (κ2) is 6.39. The minimum atomic E-state index is -0.458. The van der Waals surface area contributed by atoms with Crippen molar-refractivity contribution in [3.8, 4) is 6.07 Å². The molecule has 0 heterocycles. The Morgan fingerprint density at radius 2 is 2.07 bits per heavy atom. The highest BCUT2D eigenvalue weighted by Gasteiger charge is 2.14.